The quantitative estimate of drug-likeness (QED) is 0.0977. The van der Waals surface area contributed by atoms with Crippen molar-refractivity contribution in [3.05, 3.63) is 404 Å². The molecule has 461 valence electrons. The number of benzene rings is 14. The molecule has 14 aromatic carbocycles. The van der Waals surface area contributed by atoms with Crippen molar-refractivity contribution < 1.29 is 58.4 Å². The van der Waals surface area contributed by atoms with Crippen molar-refractivity contribution in [1.29, 1.82) is 0 Å². The Kier molecular flexibility index (Phi) is 24.3. The number of anilines is 17. The third-order valence-corrected chi connectivity index (χ3v) is 15.6. The molecule has 1 N–H and O–H groups in total. The van der Waals surface area contributed by atoms with Crippen molar-refractivity contribution in [3.63, 3.8) is 0 Å². The second-order valence-corrected chi connectivity index (χ2v) is 22.5. The van der Waals surface area contributed by atoms with Gasteiger partial charge in [0.15, 0.2) is 0 Å². The molecule has 0 aliphatic rings. The Labute approximate surface area is 600 Å². The molecule has 0 fully saturated rings. The molecule has 0 aromatic heterocycles. The maximum Gasteiger partial charge on any atom is 0.127 e. The van der Waals surface area contributed by atoms with E-state index in [0.29, 0.717) is 5.69 Å². The van der Waals surface area contributed by atoms with Crippen LogP contribution in [0.1, 0.15) is 0 Å². The molecule has 0 aliphatic carbocycles. The van der Waals surface area contributed by atoms with Gasteiger partial charge in [-0.25, -0.2) is 8.78 Å². The van der Waals surface area contributed by atoms with Crippen LogP contribution in [0, 0.1) is 42.7 Å². The average molecular weight is 1570 g/mol. The average Bonchev–Trinajstić information content (AvgIpc) is 0.807. The van der Waals surface area contributed by atoms with E-state index in [1.165, 1.54) is 12.1 Å². The van der Waals surface area contributed by atoms with E-state index in [-0.39, 0.29) is 61.3 Å². The predicted octanol–water partition coefficient (Wildman–Crippen LogP) is 25.2. The third kappa shape index (κ3) is 17.8. The summed E-state index contributed by atoms with van der Waals surface area (Å²) in [7, 11) is 0. The number of hydrogen-bond acceptors (Lipinski definition) is 6. The van der Waals surface area contributed by atoms with E-state index in [9.17, 15) is 4.39 Å². The van der Waals surface area contributed by atoms with Crippen LogP contribution in [-0.2, 0) is 18.6 Å². The van der Waals surface area contributed by atoms with E-state index in [1.807, 2.05) is 217 Å². The number of hydrogen-bond donors (Lipinski definition) is 1. The molecule has 1 radical (unpaired) electrons. The topological polar surface area (TPSA) is 28.2 Å². The van der Waals surface area contributed by atoms with Gasteiger partial charge >= 0.3 is 0 Å². The number of halogens is 3. The summed E-state index contributed by atoms with van der Waals surface area (Å²) in [4.78, 5) is 10.7. The fourth-order valence-electron chi connectivity index (χ4n) is 11.1. The van der Waals surface area contributed by atoms with Gasteiger partial charge in [-0.2, -0.15) is 0 Å². The first-order valence-corrected chi connectivity index (χ1v) is 31.4. The van der Waals surface area contributed by atoms with Crippen LogP contribution in [0.2, 0.25) is 0 Å². The van der Waals surface area contributed by atoms with E-state index in [4.69, 9.17) is 0 Å². The standard InChI is InChI=1S/C42H32FN3.C24H20N2.C18H13BrFN.U.V/c43-33-29-41(45(36-21-10-3-11-22-36)37-23-12-4-13-24-37)32-42(30-33)46(38-25-14-5-15-26-38)40-28-16-27-39(31-40)44(34-17-6-1-7-18-34)35-19-8-2-9-20-35;1-4-11-20(12-5-1)25-21-13-10-18-24(19-21)26(22-14-6-2-7-15-22)23-16-8-3-9-17-23;19-14-11-15(20)13-18(12-14)21(16-7-3-1-4-8-16)17-9-5-2-6-10-17;;/h1-32H;1-19,25H;1-13H;;. The van der Waals surface area contributed by atoms with Gasteiger partial charge in [-0.1, -0.05) is 210 Å². The summed E-state index contributed by atoms with van der Waals surface area (Å²) in [5.41, 5.74) is 16.5. The molecule has 0 saturated heterocycles. The van der Waals surface area contributed by atoms with Gasteiger partial charge in [-0.3, -0.25) is 0 Å². The van der Waals surface area contributed by atoms with Crippen LogP contribution < -0.4 is 29.8 Å². The molecule has 0 spiro atoms. The zero-order valence-corrected chi connectivity index (χ0v) is 58.9. The Hall–Kier alpha value is -10.1. The molecule has 14 rings (SSSR count). The summed E-state index contributed by atoms with van der Waals surface area (Å²) >= 11 is 3.36. The van der Waals surface area contributed by atoms with Crippen LogP contribution in [0.4, 0.5) is 105 Å². The van der Waals surface area contributed by atoms with E-state index in [0.717, 1.165) is 95.5 Å². The van der Waals surface area contributed by atoms with Crippen LogP contribution in [0.3, 0.4) is 0 Å². The number of para-hydroxylation sites is 10. The largest absolute Gasteiger partial charge is 0.355 e. The molecule has 0 bridgehead atoms. The maximum atomic E-state index is 15.8. The molecular weight excluding hydrogens is 1500 g/mol. The minimum Gasteiger partial charge on any atom is -0.355 e. The van der Waals surface area contributed by atoms with E-state index < -0.39 is 0 Å². The van der Waals surface area contributed by atoms with Crippen LogP contribution in [0.5, 0.6) is 0 Å². The summed E-state index contributed by atoms with van der Waals surface area (Å²) in [6.45, 7) is 0. The molecular formula is C84H65BrF2N6UV. The van der Waals surface area contributed by atoms with Gasteiger partial charge < -0.3 is 29.8 Å². The first-order chi connectivity index (χ1) is 45.9. The second kappa shape index (κ2) is 34.1. The fourth-order valence-corrected chi connectivity index (χ4v) is 11.6. The van der Waals surface area contributed by atoms with Gasteiger partial charge in [0.2, 0.25) is 0 Å². The van der Waals surface area contributed by atoms with Crippen molar-refractivity contribution in [1.82, 2.24) is 0 Å². The Morgan fingerprint density at radius 1 is 0.200 bits per heavy atom. The van der Waals surface area contributed by atoms with E-state index >= 15 is 4.39 Å². The fraction of sp³-hybridized carbons (Fsp3) is 0. The van der Waals surface area contributed by atoms with Crippen molar-refractivity contribution in [2.24, 2.45) is 0 Å². The van der Waals surface area contributed by atoms with Gasteiger partial charge in [-0.15, -0.1) is 0 Å². The molecule has 0 saturated carbocycles. The normalized spacial score (nSPS) is 10.3. The van der Waals surface area contributed by atoms with E-state index in [2.05, 4.69) is 193 Å². The molecule has 14 aromatic rings. The molecule has 0 unspecified atom stereocenters. The monoisotopic (exact) mass is 1560 g/mol. The van der Waals surface area contributed by atoms with Crippen LogP contribution in [0.15, 0.2) is 393 Å². The van der Waals surface area contributed by atoms with Gasteiger partial charge in [0.25, 0.3) is 0 Å². The summed E-state index contributed by atoms with van der Waals surface area (Å²) in [5, 5.41) is 3.48. The summed E-state index contributed by atoms with van der Waals surface area (Å²) in [6.07, 6.45) is 0. The van der Waals surface area contributed by atoms with Gasteiger partial charge in [-0.05, 0) is 194 Å². The van der Waals surface area contributed by atoms with Gasteiger partial charge in [0.05, 0.1) is 17.1 Å². The molecule has 0 atom stereocenters. The maximum absolute atomic E-state index is 15.8. The zero-order valence-electron chi connectivity index (χ0n) is 51.8. The van der Waals surface area contributed by atoms with Crippen LogP contribution in [-0.4, -0.2) is 0 Å². The SMILES string of the molecule is Fc1cc(Br)cc(N(c2ccccc2)c2ccccc2)c1.Fc1cc(N(c2ccccc2)c2ccccc2)cc(N(c2ccccc2)c2cccc(N(c3ccccc3)c3ccccc3)c2)c1.[U].[V].c1ccc(Nc2cccc(N(c3ccccc3)c3ccccc3)c2)cc1. The van der Waals surface area contributed by atoms with Crippen LogP contribution >= 0.6 is 15.9 Å². The van der Waals surface area contributed by atoms with Crippen LogP contribution in [0.25, 0.3) is 0 Å². The minimum absolute atomic E-state index is 0. The summed E-state index contributed by atoms with van der Waals surface area (Å²) in [6, 6.07) is 129. The first-order valence-electron chi connectivity index (χ1n) is 30.6. The Bertz CT molecular complexity index is 4410. The molecule has 0 aliphatic heterocycles. The number of rotatable bonds is 17. The summed E-state index contributed by atoms with van der Waals surface area (Å²) < 4.78 is 30.3. The Morgan fingerprint density at radius 2 is 0.400 bits per heavy atom. The van der Waals surface area contributed by atoms with Gasteiger partial charge in [0.1, 0.15) is 11.6 Å². The summed E-state index contributed by atoms with van der Waals surface area (Å²) in [5.74, 6) is -0.590. The predicted molar refractivity (Wildman–Crippen MR) is 390 cm³/mol. The number of nitrogens with zero attached hydrogens (tertiary/aromatic N) is 5. The van der Waals surface area contributed by atoms with Crippen molar-refractivity contribution in [3.8, 4) is 0 Å². The molecule has 0 amide bonds. The zero-order chi connectivity index (χ0) is 63.4. The van der Waals surface area contributed by atoms with Crippen molar-refractivity contribution in [2.45, 2.75) is 0 Å². The smallest absolute Gasteiger partial charge is 0.127 e. The van der Waals surface area contributed by atoms with Crippen molar-refractivity contribution >= 4 is 113 Å². The number of nitrogens with one attached hydrogen (secondary N) is 1. The molecule has 95 heavy (non-hydrogen) atoms. The first kappa shape index (κ1) is 67.7. The minimum atomic E-state index is -0.323. The molecule has 0 heterocycles. The molecule has 11 heteroatoms. The Morgan fingerprint density at radius 3 is 0.695 bits per heavy atom. The molecule has 6 nitrogen and oxygen atoms in total. The second-order valence-electron chi connectivity index (χ2n) is 21.6. The third-order valence-electron chi connectivity index (χ3n) is 15.1. The van der Waals surface area contributed by atoms with E-state index in [1.54, 1.807) is 12.1 Å². The van der Waals surface area contributed by atoms with Crippen molar-refractivity contribution in [2.75, 3.05) is 29.8 Å². The van der Waals surface area contributed by atoms with Gasteiger partial charge in [0, 0.05) is 134 Å². The Balaban J connectivity index is 0.000000169.